The van der Waals surface area contributed by atoms with Crippen molar-refractivity contribution in [2.24, 2.45) is 0 Å². The number of carbonyl (C=O) groups excluding carboxylic acids is 3. The molecule has 6 nitrogen and oxygen atoms in total. The Morgan fingerprint density at radius 2 is 1.67 bits per heavy atom. The highest BCUT2D eigenvalue weighted by Gasteiger charge is 2.36. The smallest absolute Gasteiger partial charge is 0.262 e. The molecule has 0 bridgehead atoms. The molecule has 0 atom stereocenters. The van der Waals surface area contributed by atoms with Gasteiger partial charge in [-0.2, -0.15) is 0 Å². The molecule has 1 aliphatic heterocycles. The first-order chi connectivity index (χ1) is 12.9. The quantitative estimate of drug-likeness (QED) is 0.629. The number of aryl methyl sites for hydroxylation is 2. The van der Waals surface area contributed by atoms with Crippen LogP contribution < -0.4 is 10.6 Å². The summed E-state index contributed by atoms with van der Waals surface area (Å²) in [6.45, 7) is 3.59. The number of para-hydroxylation sites is 1. The maximum atomic E-state index is 12.3. The van der Waals surface area contributed by atoms with E-state index in [0.29, 0.717) is 11.1 Å². The van der Waals surface area contributed by atoms with E-state index in [9.17, 15) is 14.4 Å². The van der Waals surface area contributed by atoms with Gasteiger partial charge in [-0.05, 0) is 48.8 Å². The second-order valence-electron chi connectivity index (χ2n) is 6.21. The minimum Gasteiger partial charge on any atom is -0.332 e. The number of fused-ring (bicyclic) bond motifs is 1. The molecule has 0 saturated carbocycles. The number of hydrogen-bond acceptors (Lipinski definition) is 4. The summed E-state index contributed by atoms with van der Waals surface area (Å²) in [6, 6.07) is 12.4. The molecule has 3 rings (SSSR count). The van der Waals surface area contributed by atoms with Crippen molar-refractivity contribution >= 4 is 40.7 Å². The van der Waals surface area contributed by atoms with Crippen LogP contribution >= 0.6 is 12.2 Å². The number of imide groups is 1. The highest BCUT2D eigenvalue weighted by atomic mass is 32.1. The second-order valence-corrected chi connectivity index (χ2v) is 6.62. The predicted octanol–water partition coefficient (Wildman–Crippen LogP) is 2.67. The Morgan fingerprint density at radius 1 is 1.04 bits per heavy atom. The number of nitrogens with one attached hydrogen (secondary N) is 2. The lowest BCUT2D eigenvalue weighted by molar-refractivity contribution is -0.120. The molecule has 27 heavy (non-hydrogen) atoms. The summed E-state index contributed by atoms with van der Waals surface area (Å²) in [4.78, 5) is 37.9. The molecule has 0 unspecified atom stereocenters. The molecule has 3 amide bonds. The number of thiocarbonyl (C=S) groups is 1. The largest absolute Gasteiger partial charge is 0.332 e. The van der Waals surface area contributed by atoms with E-state index in [4.69, 9.17) is 12.2 Å². The number of carbonyl (C=O) groups is 3. The third-order valence-electron chi connectivity index (χ3n) is 4.41. The molecule has 0 fully saturated rings. The summed E-state index contributed by atoms with van der Waals surface area (Å²) in [5.74, 6) is -1.48. The van der Waals surface area contributed by atoms with Crippen molar-refractivity contribution in [3.8, 4) is 0 Å². The highest BCUT2D eigenvalue weighted by molar-refractivity contribution is 7.80. The van der Waals surface area contributed by atoms with Crippen molar-refractivity contribution < 1.29 is 14.4 Å². The van der Waals surface area contributed by atoms with Crippen LogP contribution in [0.5, 0.6) is 0 Å². The van der Waals surface area contributed by atoms with E-state index >= 15 is 0 Å². The second kappa shape index (κ2) is 7.67. The summed E-state index contributed by atoms with van der Waals surface area (Å²) < 4.78 is 0. The lowest BCUT2D eigenvalue weighted by Gasteiger charge is -2.17. The van der Waals surface area contributed by atoms with Gasteiger partial charge in [-0.25, -0.2) is 0 Å². The number of rotatable bonds is 4. The van der Waals surface area contributed by atoms with Crippen molar-refractivity contribution in [2.75, 3.05) is 11.9 Å². The fraction of sp³-hybridized carbons (Fsp3) is 0.200. The monoisotopic (exact) mass is 381 g/mol. The molecule has 1 heterocycles. The number of benzene rings is 2. The van der Waals surface area contributed by atoms with Crippen molar-refractivity contribution in [1.82, 2.24) is 10.2 Å². The van der Waals surface area contributed by atoms with Crippen LogP contribution in [0.25, 0.3) is 0 Å². The highest BCUT2D eigenvalue weighted by Crippen LogP contribution is 2.22. The Bertz CT molecular complexity index is 920. The molecule has 1 aliphatic rings. The van der Waals surface area contributed by atoms with Crippen molar-refractivity contribution in [2.45, 2.75) is 20.3 Å². The number of anilines is 1. The van der Waals surface area contributed by atoms with Gasteiger partial charge in [0.2, 0.25) is 5.91 Å². The first kappa shape index (κ1) is 18.7. The van der Waals surface area contributed by atoms with E-state index in [1.165, 1.54) is 0 Å². The van der Waals surface area contributed by atoms with Gasteiger partial charge < -0.3 is 10.6 Å². The SMILES string of the molecule is CCc1cccc(C)c1NC(=S)NC(=O)CN1C(=O)c2ccccc2C1=O. The average Bonchev–Trinajstić information content (AvgIpc) is 2.88. The van der Waals surface area contributed by atoms with Crippen LogP contribution in [0.3, 0.4) is 0 Å². The van der Waals surface area contributed by atoms with Gasteiger partial charge in [-0.1, -0.05) is 37.3 Å². The lowest BCUT2D eigenvalue weighted by Crippen LogP contribution is -2.43. The minimum absolute atomic E-state index is 0.126. The molecule has 0 aromatic heterocycles. The molecule has 2 aromatic rings. The third kappa shape index (κ3) is 3.73. The summed E-state index contributed by atoms with van der Waals surface area (Å²) in [5, 5.41) is 5.70. The molecule has 0 saturated heterocycles. The van der Waals surface area contributed by atoms with E-state index in [2.05, 4.69) is 10.6 Å². The van der Waals surface area contributed by atoms with Crippen LogP contribution in [-0.2, 0) is 11.2 Å². The van der Waals surface area contributed by atoms with Crippen molar-refractivity contribution in [1.29, 1.82) is 0 Å². The van der Waals surface area contributed by atoms with Crippen LogP contribution in [0.4, 0.5) is 5.69 Å². The van der Waals surface area contributed by atoms with Gasteiger partial charge in [0, 0.05) is 5.69 Å². The summed E-state index contributed by atoms with van der Waals surface area (Å²) in [7, 11) is 0. The molecule has 0 spiro atoms. The average molecular weight is 381 g/mol. The minimum atomic E-state index is -0.534. The van der Waals surface area contributed by atoms with Crippen molar-refractivity contribution in [3.63, 3.8) is 0 Å². The predicted molar refractivity (Wildman–Crippen MR) is 107 cm³/mol. The number of amides is 3. The van der Waals surface area contributed by atoms with Gasteiger partial charge in [-0.3, -0.25) is 19.3 Å². The van der Waals surface area contributed by atoms with E-state index < -0.39 is 17.7 Å². The number of nitrogens with zero attached hydrogens (tertiary/aromatic N) is 1. The Balaban J connectivity index is 1.65. The summed E-state index contributed by atoms with van der Waals surface area (Å²) >= 11 is 5.22. The zero-order valence-electron chi connectivity index (χ0n) is 15.0. The van der Waals surface area contributed by atoms with Crippen LogP contribution in [0.15, 0.2) is 42.5 Å². The lowest BCUT2D eigenvalue weighted by atomic mass is 10.1. The van der Waals surface area contributed by atoms with Gasteiger partial charge in [0.1, 0.15) is 6.54 Å². The Kier molecular flexibility index (Phi) is 5.32. The molecule has 2 N–H and O–H groups in total. The fourth-order valence-electron chi connectivity index (χ4n) is 3.04. The maximum Gasteiger partial charge on any atom is 0.262 e. The van der Waals surface area contributed by atoms with Gasteiger partial charge in [0.15, 0.2) is 5.11 Å². The standard InChI is InChI=1S/C20H19N3O3S/c1-3-13-8-6-7-12(2)17(13)22-20(27)21-16(24)11-23-18(25)14-9-4-5-10-15(14)19(23)26/h4-10H,3,11H2,1-2H3,(H2,21,22,24,27). The van der Waals surface area contributed by atoms with Crippen LogP contribution in [-0.4, -0.2) is 34.3 Å². The fourth-order valence-corrected chi connectivity index (χ4v) is 3.26. The van der Waals surface area contributed by atoms with E-state index in [1.807, 2.05) is 32.0 Å². The van der Waals surface area contributed by atoms with Crippen LogP contribution in [0.1, 0.15) is 38.8 Å². The van der Waals surface area contributed by atoms with E-state index in [0.717, 1.165) is 28.1 Å². The zero-order chi connectivity index (χ0) is 19.6. The number of hydrogen-bond donors (Lipinski definition) is 2. The van der Waals surface area contributed by atoms with Gasteiger partial charge in [-0.15, -0.1) is 0 Å². The molecule has 0 radical (unpaired) electrons. The first-order valence-electron chi connectivity index (χ1n) is 8.57. The molecule has 138 valence electrons. The first-order valence-corrected chi connectivity index (χ1v) is 8.97. The molecule has 0 aliphatic carbocycles. The van der Waals surface area contributed by atoms with Gasteiger partial charge in [0.25, 0.3) is 11.8 Å². The molecule has 7 heteroatoms. The van der Waals surface area contributed by atoms with Gasteiger partial charge in [0.05, 0.1) is 11.1 Å². The van der Waals surface area contributed by atoms with Crippen molar-refractivity contribution in [3.05, 3.63) is 64.7 Å². The molecular formula is C20H19N3O3S. The van der Waals surface area contributed by atoms with E-state index in [1.54, 1.807) is 24.3 Å². The molecular weight excluding hydrogens is 362 g/mol. The topological polar surface area (TPSA) is 78.5 Å². The molecule has 2 aromatic carbocycles. The van der Waals surface area contributed by atoms with Crippen LogP contribution in [0.2, 0.25) is 0 Å². The van der Waals surface area contributed by atoms with Crippen LogP contribution in [0, 0.1) is 6.92 Å². The summed E-state index contributed by atoms with van der Waals surface area (Å²) in [5.41, 5.74) is 3.55. The Hall–Kier alpha value is -3.06. The van der Waals surface area contributed by atoms with Gasteiger partial charge >= 0.3 is 0 Å². The Labute approximate surface area is 162 Å². The summed E-state index contributed by atoms with van der Waals surface area (Å²) in [6.07, 6.45) is 0.815. The van der Waals surface area contributed by atoms with E-state index in [-0.39, 0.29) is 11.7 Å². The normalized spacial score (nSPS) is 12.7. The zero-order valence-corrected chi connectivity index (χ0v) is 15.9. The third-order valence-corrected chi connectivity index (χ3v) is 4.62. The maximum absolute atomic E-state index is 12.3. The Morgan fingerprint density at radius 3 is 2.26 bits per heavy atom.